The van der Waals surface area contributed by atoms with Crippen LogP contribution in [0.5, 0.6) is 11.5 Å². The molecule has 1 aromatic rings. The lowest BCUT2D eigenvalue weighted by molar-refractivity contribution is 0.0692. The molecule has 0 heterocycles. The Morgan fingerprint density at radius 1 is 1.32 bits per heavy atom. The maximum Gasteiger partial charge on any atom is 0.339 e. The number of carbonyl (C=O) groups is 1. The number of aromatic carboxylic acids is 1. The standard InChI is InChI=1S/C13H18FNO6S/c1-4-15(6-5-14)22(18,19)9-7-10(13(16)17)12(21-3)11(8-9)20-2/h7-8H,4-6H2,1-3H3,(H,16,17). The third kappa shape index (κ3) is 3.47. The van der Waals surface area contributed by atoms with Crippen LogP contribution in [-0.2, 0) is 10.0 Å². The average molecular weight is 335 g/mol. The predicted molar refractivity (Wildman–Crippen MR) is 76.9 cm³/mol. The highest BCUT2D eigenvalue weighted by Gasteiger charge is 2.27. The Bertz CT molecular complexity index is 646. The van der Waals surface area contributed by atoms with E-state index < -0.39 is 22.7 Å². The lowest BCUT2D eigenvalue weighted by atomic mass is 10.2. The summed E-state index contributed by atoms with van der Waals surface area (Å²) in [7, 11) is -1.52. The summed E-state index contributed by atoms with van der Waals surface area (Å²) in [6.45, 7) is 0.469. The molecule has 9 heteroatoms. The Balaban J connectivity index is 3.54. The van der Waals surface area contributed by atoms with E-state index in [1.807, 2.05) is 0 Å². The fourth-order valence-electron chi connectivity index (χ4n) is 1.94. The molecule has 0 aliphatic carbocycles. The number of sulfonamides is 1. The summed E-state index contributed by atoms with van der Waals surface area (Å²) >= 11 is 0. The lowest BCUT2D eigenvalue weighted by Crippen LogP contribution is -2.33. The van der Waals surface area contributed by atoms with Crippen molar-refractivity contribution >= 4 is 16.0 Å². The Labute approximate surface area is 128 Å². The Hall–Kier alpha value is -1.87. The first-order chi connectivity index (χ1) is 10.3. The van der Waals surface area contributed by atoms with Gasteiger partial charge < -0.3 is 14.6 Å². The number of hydrogen-bond donors (Lipinski definition) is 1. The van der Waals surface area contributed by atoms with Crippen LogP contribution in [0, 0.1) is 0 Å². The van der Waals surface area contributed by atoms with Gasteiger partial charge in [-0.1, -0.05) is 6.92 Å². The van der Waals surface area contributed by atoms with Crippen LogP contribution < -0.4 is 9.47 Å². The minimum Gasteiger partial charge on any atom is -0.493 e. The van der Waals surface area contributed by atoms with Crippen LogP contribution >= 0.6 is 0 Å². The van der Waals surface area contributed by atoms with E-state index in [0.717, 1.165) is 16.4 Å². The second-order valence-electron chi connectivity index (χ2n) is 4.20. The predicted octanol–water partition coefficient (Wildman–Crippen LogP) is 1.38. The number of alkyl halides is 1. The molecule has 0 fully saturated rings. The van der Waals surface area contributed by atoms with Crippen LogP contribution in [0.3, 0.4) is 0 Å². The minimum absolute atomic E-state index is 0.0303. The molecule has 0 aromatic heterocycles. The first-order valence-electron chi connectivity index (χ1n) is 6.38. The molecular weight excluding hydrogens is 317 g/mol. The molecule has 0 radical (unpaired) electrons. The number of ether oxygens (including phenoxy) is 2. The Morgan fingerprint density at radius 2 is 1.95 bits per heavy atom. The highest BCUT2D eigenvalue weighted by molar-refractivity contribution is 7.89. The summed E-state index contributed by atoms with van der Waals surface area (Å²) in [6.07, 6.45) is 0. The maximum atomic E-state index is 12.5. The third-order valence-corrected chi connectivity index (χ3v) is 4.96. The summed E-state index contributed by atoms with van der Waals surface area (Å²) in [5, 5.41) is 9.20. The molecule has 0 bridgehead atoms. The van der Waals surface area contributed by atoms with Crippen molar-refractivity contribution in [2.24, 2.45) is 0 Å². The largest absolute Gasteiger partial charge is 0.493 e. The van der Waals surface area contributed by atoms with Crippen LogP contribution in [0.1, 0.15) is 17.3 Å². The number of rotatable bonds is 8. The van der Waals surface area contributed by atoms with E-state index in [1.54, 1.807) is 6.92 Å². The van der Waals surface area contributed by atoms with Gasteiger partial charge in [0.15, 0.2) is 11.5 Å². The number of halogens is 1. The van der Waals surface area contributed by atoms with E-state index >= 15 is 0 Å². The smallest absolute Gasteiger partial charge is 0.339 e. The fraction of sp³-hybridized carbons (Fsp3) is 0.462. The zero-order valence-electron chi connectivity index (χ0n) is 12.5. The topological polar surface area (TPSA) is 93.1 Å². The zero-order valence-corrected chi connectivity index (χ0v) is 13.3. The molecule has 0 atom stereocenters. The molecule has 124 valence electrons. The van der Waals surface area contributed by atoms with Gasteiger partial charge in [-0.3, -0.25) is 0 Å². The van der Waals surface area contributed by atoms with Crippen molar-refractivity contribution in [3.8, 4) is 11.5 Å². The third-order valence-electron chi connectivity index (χ3n) is 3.01. The number of carboxylic acid groups (broad SMARTS) is 1. The highest BCUT2D eigenvalue weighted by Crippen LogP contribution is 2.35. The van der Waals surface area contributed by atoms with E-state index in [2.05, 4.69) is 0 Å². The van der Waals surface area contributed by atoms with Gasteiger partial charge in [0.2, 0.25) is 10.0 Å². The molecule has 7 nitrogen and oxygen atoms in total. The summed E-state index contributed by atoms with van der Waals surface area (Å²) in [5.41, 5.74) is -0.350. The van der Waals surface area contributed by atoms with Crippen molar-refractivity contribution in [3.63, 3.8) is 0 Å². The van der Waals surface area contributed by atoms with E-state index in [4.69, 9.17) is 9.47 Å². The molecule has 0 aliphatic rings. The molecule has 1 N–H and O–H groups in total. The molecule has 1 rings (SSSR count). The SMILES string of the molecule is CCN(CCF)S(=O)(=O)c1cc(OC)c(OC)c(C(=O)O)c1. The van der Waals surface area contributed by atoms with Gasteiger partial charge in [-0.05, 0) is 6.07 Å². The van der Waals surface area contributed by atoms with Crippen LogP contribution in [0.15, 0.2) is 17.0 Å². The average Bonchev–Trinajstić information content (AvgIpc) is 2.50. The normalized spacial score (nSPS) is 11.5. The Morgan fingerprint density at radius 3 is 2.36 bits per heavy atom. The highest BCUT2D eigenvalue weighted by atomic mass is 32.2. The van der Waals surface area contributed by atoms with Gasteiger partial charge in [-0.15, -0.1) is 0 Å². The van der Waals surface area contributed by atoms with E-state index in [1.165, 1.54) is 14.2 Å². The maximum absolute atomic E-state index is 12.5. The van der Waals surface area contributed by atoms with Gasteiger partial charge in [0.25, 0.3) is 0 Å². The molecule has 1 aromatic carbocycles. The van der Waals surface area contributed by atoms with Crippen molar-refractivity contribution < 1.29 is 32.2 Å². The number of nitrogens with zero attached hydrogens (tertiary/aromatic N) is 1. The fourth-order valence-corrected chi connectivity index (χ4v) is 3.41. The van der Waals surface area contributed by atoms with Crippen LogP contribution in [0.4, 0.5) is 4.39 Å². The molecule has 0 saturated carbocycles. The first kappa shape index (κ1) is 18.2. The monoisotopic (exact) mass is 335 g/mol. The zero-order chi connectivity index (χ0) is 16.9. The van der Waals surface area contributed by atoms with Crippen molar-refractivity contribution in [1.29, 1.82) is 0 Å². The number of benzene rings is 1. The summed E-state index contributed by atoms with van der Waals surface area (Å²) in [6, 6.07) is 2.13. The second-order valence-corrected chi connectivity index (χ2v) is 6.14. The quantitative estimate of drug-likeness (QED) is 0.771. The molecular formula is C13H18FNO6S. The van der Waals surface area contributed by atoms with Gasteiger partial charge in [-0.25, -0.2) is 17.6 Å². The van der Waals surface area contributed by atoms with Crippen molar-refractivity contribution in [2.45, 2.75) is 11.8 Å². The first-order valence-corrected chi connectivity index (χ1v) is 7.82. The molecule has 0 amide bonds. The van der Waals surface area contributed by atoms with Crippen molar-refractivity contribution in [2.75, 3.05) is 34.0 Å². The lowest BCUT2D eigenvalue weighted by Gasteiger charge is -2.20. The van der Waals surface area contributed by atoms with Gasteiger partial charge in [0, 0.05) is 19.2 Å². The van der Waals surface area contributed by atoms with Crippen LogP contribution in [-0.4, -0.2) is 57.8 Å². The van der Waals surface area contributed by atoms with Gasteiger partial charge in [0.1, 0.15) is 12.2 Å². The van der Waals surface area contributed by atoms with Gasteiger partial charge in [0.05, 0.1) is 19.1 Å². The molecule has 0 saturated heterocycles. The molecule has 22 heavy (non-hydrogen) atoms. The Kier molecular flexibility index (Phi) is 6.12. The summed E-state index contributed by atoms with van der Waals surface area (Å²) in [4.78, 5) is 11.0. The van der Waals surface area contributed by atoms with Gasteiger partial charge >= 0.3 is 5.97 Å². The van der Waals surface area contributed by atoms with E-state index in [0.29, 0.717) is 0 Å². The minimum atomic E-state index is -4.03. The van der Waals surface area contributed by atoms with Gasteiger partial charge in [-0.2, -0.15) is 4.31 Å². The van der Waals surface area contributed by atoms with E-state index in [9.17, 15) is 22.7 Å². The van der Waals surface area contributed by atoms with Crippen LogP contribution in [0.2, 0.25) is 0 Å². The molecule has 0 aliphatic heterocycles. The molecule has 0 unspecified atom stereocenters. The summed E-state index contributed by atoms with van der Waals surface area (Å²) in [5.74, 6) is -1.47. The second kappa shape index (κ2) is 7.41. The van der Waals surface area contributed by atoms with Crippen molar-refractivity contribution in [3.05, 3.63) is 17.7 Å². The number of methoxy groups -OCH3 is 2. The van der Waals surface area contributed by atoms with E-state index in [-0.39, 0.29) is 35.0 Å². The summed E-state index contributed by atoms with van der Waals surface area (Å²) < 4.78 is 48.3. The van der Waals surface area contributed by atoms with Crippen molar-refractivity contribution in [1.82, 2.24) is 4.31 Å². The number of hydrogen-bond acceptors (Lipinski definition) is 5. The number of carboxylic acids is 1. The molecule has 0 spiro atoms. The van der Waals surface area contributed by atoms with Crippen LogP contribution in [0.25, 0.3) is 0 Å².